The number of non-ortho nitro benzene ring substituents is 1. The first-order chi connectivity index (χ1) is 14.5. The molecule has 0 atom stereocenters. The summed E-state index contributed by atoms with van der Waals surface area (Å²) in [5.74, 6) is 0.155. The smallest absolute Gasteiger partial charge is 0.269 e. The molecular weight excluding hydrogens is 405 g/mol. The van der Waals surface area contributed by atoms with Gasteiger partial charge < -0.3 is 0 Å². The Balaban J connectivity index is 1.68. The minimum absolute atomic E-state index is 0.0285. The third-order valence-corrected chi connectivity index (χ3v) is 5.64. The Hall–Kier alpha value is -3.52. The quantitative estimate of drug-likeness (QED) is 0.194. The van der Waals surface area contributed by atoms with Crippen LogP contribution in [0.5, 0.6) is 0 Å². The molecule has 150 valence electrons. The fraction of sp³-hybridized carbons (Fsp3) is 0.0909. The van der Waals surface area contributed by atoms with Crippen LogP contribution in [-0.4, -0.2) is 14.5 Å². The van der Waals surface area contributed by atoms with E-state index in [-0.39, 0.29) is 23.6 Å². The summed E-state index contributed by atoms with van der Waals surface area (Å²) in [4.78, 5) is 28.1. The van der Waals surface area contributed by atoms with Crippen molar-refractivity contribution in [2.45, 2.75) is 17.5 Å². The molecule has 0 bridgehead atoms. The van der Waals surface area contributed by atoms with Crippen LogP contribution in [0.3, 0.4) is 0 Å². The summed E-state index contributed by atoms with van der Waals surface area (Å²) in [5.41, 5.74) is 2.12. The first-order valence-corrected chi connectivity index (χ1v) is 10.1. The monoisotopic (exact) mass is 421 g/mol. The van der Waals surface area contributed by atoms with E-state index >= 15 is 0 Å². The van der Waals surface area contributed by atoms with Crippen molar-refractivity contribution in [2.24, 2.45) is 0 Å². The highest BCUT2D eigenvalue weighted by Crippen LogP contribution is 2.24. The van der Waals surface area contributed by atoms with Gasteiger partial charge in [0.15, 0.2) is 5.16 Å². The number of benzene rings is 3. The zero-order chi connectivity index (χ0) is 21.1. The first kappa shape index (κ1) is 19.8. The lowest BCUT2D eigenvalue weighted by Gasteiger charge is -2.13. The molecule has 3 aromatic carbocycles. The number of halogens is 1. The predicted octanol–water partition coefficient (Wildman–Crippen LogP) is 4.78. The van der Waals surface area contributed by atoms with Gasteiger partial charge in [0.25, 0.3) is 11.2 Å². The summed E-state index contributed by atoms with van der Waals surface area (Å²) in [5, 5.41) is 11.9. The van der Waals surface area contributed by atoms with Crippen LogP contribution in [0.15, 0.2) is 82.7 Å². The second-order valence-corrected chi connectivity index (χ2v) is 7.58. The van der Waals surface area contributed by atoms with Crippen LogP contribution in [0.25, 0.3) is 10.9 Å². The van der Waals surface area contributed by atoms with Crippen LogP contribution in [0, 0.1) is 15.9 Å². The van der Waals surface area contributed by atoms with Crippen LogP contribution in [-0.2, 0) is 12.3 Å². The summed E-state index contributed by atoms with van der Waals surface area (Å²) in [6.07, 6.45) is 0. The molecule has 0 saturated carbocycles. The Labute approximate surface area is 175 Å². The van der Waals surface area contributed by atoms with Crippen molar-refractivity contribution in [1.82, 2.24) is 9.55 Å². The number of thioether (sulfide) groups is 1. The van der Waals surface area contributed by atoms with E-state index in [4.69, 9.17) is 0 Å². The van der Waals surface area contributed by atoms with Crippen molar-refractivity contribution in [3.63, 3.8) is 0 Å². The van der Waals surface area contributed by atoms with Crippen LogP contribution in [0.1, 0.15) is 11.1 Å². The van der Waals surface area contributed by atoms with Gasteiger partial charge in [-0.05, 0) is 35.4 Å². The summed E-state index contributed by atoms with van der Waals surface area (Å²) in [6, 6.07) is 19.4. The third-order valence-electron chi connectivity index (χ3n) is 4.60. The van der Waals surface area contributed by atoms with Crippen molar-refractivity contribution >= 4 is 28.4 Å². The molecule has 1 aromatic heterocycles. The van der Waals surface area contributed by atoms with E-state index in [9.17, 15) is 19.3 Å². The Kier molecular flexibility index (Phi) is 5.58. The van der Waals surface area contributed by atoms with Crippen LogP contribution < -0.4 is 5.56 Å². The number of nitrogens with zero attached hydrogens (tertiary/aromatic N) is 3. The highest BCUT2D eigenvalue weighted by atomic mass is 32.2. The molecule has 0 aliphatic carbocycles. The number of nitro groups is 1. The molecule has 0 aliphatic rings. The molecule has 0 spiro atoms. The van der Waals surface area contributed by atoms with E-state index in [1.54, 1.807) is 47.0 Å². The molecule has 0 fully saturated rings. The minimum Gasteiger partial charge on any atom is -0.283 e. The molecule has 6 nitrogen and oxygen atoms in total. The van der Waals surface area contributed by atoms with Crippen molar-refractivity contribution in [3.05, 3.63) is 110 Å². The van der Waals surface area contributed by atoms with Gasteiger partial charge in [0.05, 0.1) is 22.4 Å². The van der Waals surface area contributed by atoms with Gasteiger partial charge in [-0.15, -0.1) is 0 Å². The maximum atomic E-state index is 13.3. The zero-order valence-corrected chi connectivity index (χ0v) is 16.5. The Bertz CT molecular complexity index is 1270. The van der Waals surface area contributed by atoms with Crippen LogP contribution >= 0.6 is 11.8 Å². The molecule has 0 N–H and O–H groups in total. The minimum atomic E-state index is -0.442. The molecule has 0 saturated heterocycles. The van der Waals surface area contributed by atoms with Crippen molar-refractivity contribution < 1.29 is 9.31 Å². The normalized spacial score (nSPS) is 11.0. The van der Waals surface area contributed by atoms with Crippen LogP contribution in [0.4, 0.5) is 10.1 Å². The fourth-order valence-electron chi connectivity index (χ4n) is 3.03. The summed E-state index contributed by atoms with van der Waals surface area (Å²) >= 11 is 1.37. The molecule has 4 rings (SSSR count). The van der Waals surface area contributed by atoms with E-state index < -0.39 is 4.92 Å². The molecule has 1 heterocycles. The Morgan fingerprint density at radius 2 is 1.63 bits per heavy atom. The lowest BCUT2D eigenvalue weighted by Crippen LogP contribution is -2.24. The highest BCUT2D eigenvalue weighted by molar-refractivity contribution is 7.98. The van der Waals surface area contributed by atoms with Gasteiger partial charge in [-0.3, -0.25) is 19.5 Å². The second-order valence-electron chi connectivity index (χ2n) is 6.64. The van der Waals surface area contributed by atoms with E-state index in [0.29, 0.717) is 21.8 Å². The van der Waals surface area contributed by atoms with Gasteiger partial charge in [-0.1, -0.05) is 48.2 Å². The van der Waals surface area contributed by atoms with Gasteiger partial charge in [0.2, 0.25) is 0 Å². The second kappa shape index (κ2) is 8.46. The molecule has 4 aromatic rings. The Morgan fingerprint density at radius 3 is 2.33 bits per heavy atom. The van der Waals surface area contributed by atoms with E-state index in [2.05, 4.69) is 4.98 Å². The van der Waals surface area contributed by atoms with Gasteiger partial charge in [0.1, 0.15) is 5.82 Å². The van der Waals surface area contributed by atoms with Gasteiger partial charge in [-0.25, -0.2) is 9.37 Å². The van der Waals surface area contributed by atoms with E-state index in [0.717, 1.165) is 11.1 Å². The van der Waals surface area contributed by atoms with Gasteiger partial charge in [-0.2, -0.15) is 0 Å². The largest absolute Gasteiger partial charge is 0.283 e. The van der Waals surface area contributed by atoms with Crippen molar-refractivity contribution in [2.75, 3.05) is 0 Å². The fourth-order valence-corrected chi connectivity index (χ4v) is 3.99. The molecule has 0 unspecified atom stereocenters. The Morgan fingerprint density at radius 1 is 0.967 bits per heavy atom. The number of hydrogen-bond acceptors (Lipinski definition) is 5. The lowest BCUT2D eigenvalue weighted by atomic mass is 10.2. The summed E-state index contributed by atoms with van der Waals surface area (Å²) in [6.45, 7) is 0.263. The lowest BCUT2D eigenvalue weighted by molar-refractivity contribution is -0.384. The molecular formula is C22H16FN3O3S. The molecule has 8 heteroatoms. The van der Waals surface area contributed by atoms with E-state index in [1.807, 2.05) is 6.07 Å². The average Bonchev–Trinajstić information content (AvgIpc) is 2.76. The van der Waals surface area contributed by atoms with Gasteiger partial charge in [0, 0.05) is 17.9 Å². The number of nitro benzene ring substituents is 1. The first-order valence-electron chi connectivity index (χ1n) is 9.11. The van der Waals surface area contributed by atoms with Gasteiger partial charge >= 0.3 is 0 Å². The molecule has 0 radical (unpaired) electrons. The summed E-state index contributed by atoms with van der Waals surface area (Å²) < 4.78 is 14.8. The topological polar surface area (TPSA) is 78.0 Å². The number of fused-ring (bicyclic) bond motifs is 1. The van der Waals surface area contributed by atoms with Crippen molar-refractivity contribution in [1.29, 1.82) is 0 Å². The average molecular weight is 421 g/mol. The number of rotatable bonds is 6. The number of para-hydroxylation sites is 1. The summed E-state index contributed by atoms with van der Waals surface area (Å²) in [7, 11) is 0. The maximum absolute atomic E-state index is 13.3. The maximum Gasteiger partial charge on any atom is 0.269 e. The molecule has 0 aliphatic heterocycles. The number of hydrogen-bond donors (Lipinski definition) is 0. The SMILES string of the molecule is O=c1c2ccccc2nc(SCc2ccc([N+](=O)[O-])cc2)n1Cc1ccc(F)cc1. The molecule has 0 amide bonds. The third kappa shape index (κ3) is 4.23. The van der Waals surface area contributed by atoms with Crippen LogP contribution in [0.2, 0.25) is 0 Å². The molecule has 30 heavy (non-hydrogen) atoms. The van der Waals surface area contributed by atoms with Crippen molar-refractivity contribution in [3.8, 4) is 0 Å². The standard InChI is InChI=1S/C22H16FN3O3S/c23-17-9-5-15(6-10-17)13-25-21(27)19-3-1-2-4-20(19)24-22(25)30-14-16-7-11-18(12-8-16)26(28)29/h1-12H,13-14H2. The highest BCUT2D eigenvalue weighted by Gasteiger charge is 2.13. The predicted molar refractivity (Wildman–Crippen MR) is 114 cm³/mol. The zero-order valence-electron chi connectivity index (χ0n) is 15.7. The number of aromatic nitrogens is 2. The van der Waals surface area contributed by atoms with E-state index in [1.165, 1.54) is 36.0 Å².